The van der Waals surface area contributed by atoms with Crippen molar-refractivity contribution < 1.29 is 15.3 Å². The molecule has 3 heteroatoms. The van der Waals surface area contributed by atoms with E-state index in [2.05, 4.69) is 0 Å². The molecule has 3 nitrogen and oxygen atoms in total. The SMILES string of the molecule is CC(C)[C@@H](O)CC[C@H](C)[C@H](O)CO. The maximum Gasteiger partial charge on any atom is 0.0796 e. The van der Waals surface area contributed by atoms with Crippen molar-refractivity contribution in [2.24, 2.45) is 11.8 Å². The second kappa shape index (κ2) is 6.35. The van der Waals surface area contributed by atoms with E-state index in [9.17, 15) is 10.2 Å². The summed E-state index contributed by atoms with van der Waals surface area (Å²) in [7, 11) is 0. The molecule has 0 unspecified atom stereocenters. The standard InChI is InChI=1S/C10H22O3/c1-7(2)9(12)5-4-8(3)10(13)6-11/h7-13H,4-6H2,1-3H3/t8-,9-,10+/m0/s1. The molecule has 3 N–H and O–H groups in total. The van der Waals surface area contributed by atoms with E-state index in [4.69, 9.17) is 5.11 Å². The average Bonchev–Trinajstić information content (AvgIpc) is 2.11. The minimum absolute atomic E-state index is 0.0541. The van der Waals surface area contributed by atoms with Crippen molar-refractivity contribution in [1.82, 2.24) is 0 Å². The molecule has 3 atom stereocenters. The van der Waals surface area contributed by atoms with Crippen molar-refractivity contribution in [3.63, 3.8) is 0 Å². The van der Waals surface area contributed by atoms with Crippen LogP contribution < -0.4 is 0 Å². The molecular weight excluding hydrogens is 168 g/mol. The quantitative estimate of drug-likeness (QED) is 0.580. The number of aliphatic hydroxyl groups is 3. The summed E-state index contributed by atoms with van der Waals surface area (Å²) >= 11 is 0. The van der Waals surface area contributed by atoms with Crippen LogP contribution in [0.3, 0.4) is 0 Å². The molecule has 0 saturated heterocycles. The van der Waals surface area contributed by atoms with Crippen molar-refractivity contribution in [3.05, 3.63) is 0 Å². The van der Waals surface area contributed by atoms with E-state index >= 15 is 0 Å². The summed E-state index contributed by atoms with van der Waals surface area (Å²) in [5.41, 5.74) is 0. The lowest BCUT2D eigenvalue weighted by atomic mass is 9.94. The maximum absolute atomic E-state index is 9.49. The first-order valence-corrected chi connectivity index (χ1v) is 4.96. The second-order valence-corrected chi connectivity index (χ2v) is 4.12. The summed E-state index contributed by atoms with van der Waals surface area (Å²) in [4.78, 5) is 0. The van der Waals surface area contributed by atoms with Gasteiger partial charge in [-0.1, -0.05) is 20.8 Å². The highest BCUT2D eigenvalue weighted by Gasteiger charge is 2.16. The van der Waals surface area contributed by atoms with Gasteiger partial charge in [-0.25, -0.2) is 0 Å². The van der Waals surface area contributed by atoms with Gasteiger partial charge in [0.2, 0.25) is 0 Å². The molecule has 0 aromatic rings. The Morgan fingerprint density at radius 1 is 0.923 bits per heavy atom. The van der Waals surface area contributed by atoms with Crippen LogP contribution in [0.4, 0.5) is 0 Å². The number of hydrogen-bond acceptors (Lipinski definition) is 3. The van der Waals surface area contributed by atoms with Crippen molar-refractivity contribution in [2.75, 3.05) is 6.61 Å². The van der Waals surface area contributed by atoms with Crippen molar-refractivity contribution in [3.8, 4) is 0 Å². The number of aliphatic hydroxyl groups excluding tert-OH is 3. The smallest absolute Gasteiger partial charge is 0.0796 e. The summed E-state index contributed by atoms with van der Waals surface area (Å²) in [6, 6.07) is 0. The van der Waals surface area contributed by atoms with Crippen LogP contribution in [0, 0.1) is 11.8 Å². The fraction of sp³-hybridized carbons (Fsp3) is 1.00. The van der Waals surface area contributed by atoms with Crippen molar-refractivity contribution in [2.45, 2.75) is 45.8 Å². The lowest BCUT2D eigenvalue weighted by molar-refractivity contribution is 0.0388. The third-order valence-corrected chi connectivity index (χ3v) is 2.53. The van der Waals surface area contributed by atoms with E-state index in [1.807, 2.05) is 20.8 Å². The minimum atomic E-state index is -0.653. The van der Waals surface area contributed by atoms with Gasteiger partial charge in [0, 0.05) is 0 Å². The molecule has 0 fully saturated rings. The molecule has 0 aromatic heterocycles. The van der Waals surface area contributed by atoms with Gasteiger partial charge in [0.1, 0.15) is 0 Å². The van der Waals surface area contributed by atoms with E-state index in [-0.39, 0.29) is 24.5 Å². The third-order valence-electron chi connectivity index (χ3n) is 2.53. The van der Waals surface area contributed by atoms with Crippen LogP contribution in [0.2, 0.25) is 0 Å². The molecule has 80 valence electrons. The van der Waals surface area contributed by atoms with Crippen LogP contribution in [-0.2, 0) is 0 Å². The van der Waals surface area contributed by atoms with E-state index in [0.29, 0.717) is 6.42 Å². The van der Waals surface area contributed by atoms with Gasteiger partial charge in [0.05, 0.1) is 18.8 Å². The van der Waals surface area contributed by atoms with Crippen LogP contribution in [0.5, 0.6) is 0 Å². The van der Waals surface area contributed by atoms with E-state index in [1.54, 1.807) is 0 Å². The molecule has 0 aliphatic carbocycles. The third kappa shape index (κ3) is 5.24. The molecule has 0 radical (unpaired) electrons. The molecular formula is C10H22O3. The predicted octanol–water partition coefficient (Wildman–Crippen LogP) is 0.773. The lowest BCUT2D eigenvalue weighted by Gasteiger charge is -2.20. The van der Waals surface area contributed by atoms with Gasteiger partial charge in [-0.05, 0) is 24.7 Å². The first-order chi connectivity index (χ1) is 5.99. The minimum Gasteiger partial charge on any atom is -0.394 e. The van der Waals surface area contributed by atoms with E-state index < -0.39 is 6.10 Å². The first-order valence-electron chi connectivity index (χ1n) is 4.96. The Morgan fingerprint density at radius 2 is 1.46 bits per heavy atom. The molecule has 0 saturated carbocycles. The number of hydrogen-bond donors (Lipinski definition) is 3. The van der Waals surface area contributed by atoms with Gasteiger partial charge >= 0.3 is 0 Å². The van der Waals surface area contributed by atoms with Crippen LogP contribution in [0.1, 0.15) is 33.6 Å². The molecule has 13 heavy (non-hydrogen) atoms. The Balaban J connectivity index is 3.63. The fourth-order valence-corrected chi connectivity index (χ4v) is 1.14. The van der Waals surface area contributed by atoms with E-state index in [0.717, 1.165) is 6.42 Å². The zero-order valence-electron chi connectivity index (χ0n) is 8.77. The summed E-state index contributed by atoms with van der Waals surface area (Å²) in [6.45, 7) is 5.63. The summed E-state index contributed by atoms with van der Waals surface area (Å²) in [5, 5.41) is 27.4. The normalized spacial score (nSPS) is 18.7. The molecule has 0 amide bonds. The van der Waals surface area contributed by atoms with Gasteiger partial charge in [-0.3, -0.25) is 0 Å². The molecule has 0 bridgehead atoms. The van der Waals surface area contributed by atoms with Gasteiger partial charge in [0.15, 0.2) is 0 Å². The van der Waals surface area contributed by atoms with Crippen LogP contribution in [0.25, 0.3) is 0 Å². The Morgan fingerprint density at radius 3 is 1.85 bits per heavy atom. The zero-order chi connectivity index (χ0) is 10.4. The highest BCUT2D eigenvalue weighted by molar-refractivity contribution is 4.67. The van der Waals surface area contributed by atoms with Gasteiger partial charge in [0.25, 0.3) is 0 Å². The first kappa shape index (κ1) is 12.9. The Labute approximate surface area is 80.4 Å². The van der Waals surface area contributed by atoms with Gasteiger partial charge in [-0.15, -0.1) is 0 Å². The largest absolute Gasteiger partial charge is 0.394 e. The van der Waals surface area contributed by atoms with Gasteiger partial charge in [-0.2, -0.15) is 0 Å². The molecule has 0 heterocycles. The van der Waals surface area contributed by atoms with E-state index in [1.165, 1.54) is 0 Å². The molecule has 0 spiro atoms. The Bertz CT molecular complexity index is 125. The molecule has 0 aromatic carbocycles. The van der Waals surface area contributed by atoms with Crippen molar-refractivity contribution >= 4 is 0 Å². The van der Waals surface area contributed by atoms with Crippen molar-refractivity contribution in [1.29, 1.82) is 0 Å². The molecule has 0 rings (SSSR count). The zero-order valence-corrected chi connectivity index (χ0v) is 8.77. The van der Waals surface area contributed by atoms with Gasteiger partial charge < -0.3 is 15.3 Å². The lowest BCUT2D eigenvalue weighted by Crippen LogP contribution is -2.24. The maximum atomic E-state index is 9.49. The van der Waals surface area contributed by atoms with Crippen LogP contribution >= 0.6 is 0 Å². The van der Waals surface area contributed by atoms with Crippen LogP contribution in [0.15, 0.2) is 0 Å². The topological polar surface area (TPSA) is 60.7 Å². The second-order valence-electron chi connectivity index (χ2n) is 4.12. The van der Waals surface area contributed by atoms with Crippen LogP contribution in [-0.4, -0.2) is 34.1 Å². The molecule has 0 aliphatic rings. The Kier molecular flexibility index (Phi) is 6.29. The fourth-order valence-electron chi connectivity index (χ4n) is 1.14. The molecule has 0 aliphatic heterocycles. The highest BCUT2D eigenvalue weighted by Crippen LogP contribution is 2.15. The highest BCUT2D eigenvalue weighted by atomic mass is 16.3. The predicted molar refractivity (Wildman–Crippen MR) is 52.3 cm³/mol. The summed E-state index contributed by atoms with van der Waals surface area (Å²) < 4.78 is 0. The monoisotopic (exact) mass is 190 g/mol. The number of rotatable bonds is 6. The summed E-state index contributed by atoms with van der Waals surface area (Å²) in [6.07, 6.45) is 0.490. The summed E-state index contributed by atoms with van der Waals surface area (Å²) in [5.74, 6) is 0.317. The average molecular weight is 190 g/mol. The Hall–Kier alpha value is -0.120.